The van der Waals surface area contributed by atoms with Crippen LogP contribution in [0.25, 0.3) is 0 Å². The van der Waals surface area contributed by atoms with Crippen LogP contribution in [0.15, 0.2) is 53.4 Å². The van der Waals surface area contributed by atoms with Crippen LogP contribution >= 0.6 is 0 Å². The summed E-state index contributed by atoms with van der Waals surface area (Å²) in [7, 11) is -3.96. The summed E-state index contributed by atoms with van der Waals surface area (Å²) in [6.45, 7) is 2.55. The first kappa shape index (κ1) is 20.0. The van der Waals surface area contributed by atoms with E-state index in [0.29, 0.717) is 25.1 Å². The molecule has 0 spiro atoms. The predicted octanol–water partition coefficient (Wildman–Crippen LogP) is 2.94. The molecule has 2 aromatic rings. The van der Waals surface area contributed by atoms with E-state index in [2.05, 4.69) is 0 Å². The van der Waals surface area contributed by atoms with Gasteiger partial charge in [-0.2, -0.15) is 4.31 Å². The molecule has 0 aromatic heterocycles. The molecule has 4 rings (SSSR count). The zero-order valence-corrected chi connectivity index (χ0v) is 17.2. The number of rotatable bonds is 4. The third-order valence-corrected chi connectivity index (χ3v) is 7.85. The summed E-state index contributed by atoms with van der Waals surface area (Å²) in [5.41, 5.74) is 2.94. The molecule has 7 heteroatoms. The van der Waals surface area contributed by atoms with E-state index < -0.39 is 22.2 Å². The highest BCUT2D eigenvalue weighted by molar-refractivity contribution is 7.89. The predicted molar refractivity (Wildman–Crippen MR) is 109 cm³/mol. The highest BCUT2D eigenvalue weighted by Gasteiger charge is 2.46. The van der Waals surface area contributed by atoms with Crippen molar-refractivity contribution >= 4 is 15.9 Å². The van der Waals surface area contributed by atoms with Crippen molar-refractivity contribution in [1.82, 2.24) is 9.21 Å². The van der Waals surface area contributed by atoms with Crippen molar-refractivity contribution in [2.45, 2.75) is 49.8 Å². The summed E-state index contributed by atoms with van der Waals surface area (Å²) < 4.78 is 42.1. The van der Waals surface area contributed by atoms with Crippen LogP contribution in [0.5, 0.6) is 0 Å². The molecule has 2 heterocycles. The lowest BCUT2D eigenvalue weighted by Crippen LogP contribution is -2.49. The number of sulfonamides is 1. The van der Waals surface area contributed by atoms with Crippen molar-refractivity contribution < 1.29 is 17.6 Å². The lowest BCUT2D eigenvalue weighted by Gasteiger charge is -2.33. The summed E-state index contributed by atoms with van der Waals surface area (Å²) in [6.07, 6.45) is -0.169. The average Bonchev–Trinajstić information content (AvgIpc) is 3.15. The molecular weight excluding hydrogens is 391 g/mol. The Morgan fingerprint density at radius 1 is 1.10 bits per heavy atom. The van der Waals surface area contributed by atoms with Crippen molar-refractivity contribution in [2.24, 2.45) is 0 Å². The van der Waals surface area contributed by atoms with E-state index in [0.717, 1.165) is 16.3 Å². The van der Waals surface area contributed by atoms with Crippen molar-refractivity contribution in [1.29, 1.82) is 0 Å². The van der Waals surface area contributed by atoms with Gasteiger partial charge in [-0.05, 0) is 35.6 Å². The van der Waals surface area contributed by atoms with Crippen LogP contribution in [0, 0.1) is 0 Å². The van der Waals surface area contributed by atoms with Gasteiger partial charge in [-0.3, -0.25) is 4.79 Å². The Hall–Kier alpha value is -2.25. The third-order valence-electron chi connectivity index (χ3n) is 5.87. The molecule has 5 nitrogen and oxygen atoms in total. The van der Waals surface area contributed by atoms with Crippen molar-refractivity contribution in [3.63, 3.8) is 0 Å². The topological polar surface area (TPSA) is 57.7 Å². The quantitative estimate of drug-likeness (QED) is 0.770. The number of halogens is 1. The van der Waals surface area contributed by atoms with Crippen molar-refractivity contribution in [3.05, 3.63) is 65.2 Å². The molecule has 0 bridgehead atoms. The van der Waals surface area contributed by atoms with Gasteiger partial charge in [0.2, 0.25) is 15.9 Å². The Morgan fingerprint density at radius 3 is 2.55 bits per heavy atom. The molecule has 2 aromatic carbocycles. The molecule has 0 saturated carbocycles. The van der Waals surface area contributed by atoms with E-state index in [1.807, 2.05) is 31.2 Å². The zero-order chi connectivity index (χ0) is 20.6. The molecule has 1 fully saturated rings. The van der Waals surface area contributed by atoms with E-state index in [-0.39, 0.29) is 23.8 Å². The second-order valence-corrected chi connectivity index (χ2v) is 9.52. The number of carbonyl (C=O) groups is 1. The molecule has 0 radical (unpaired) electrons. The van der Waals surface area contributed by atoms with Gasteiger partial charge in [0.1, 0.15) is 12.2 Å². The van der Waals surface area contributed by atoms with Crippen molar-refractivity contribution in [2.75, 3.05) is 13.1 Å². The number of fused-ring (bicyclic) bond motifs is 1. The summed E-state index contributed by atoms with van der Waals surface area (Å²) in [5.74, 6) is -0.308. The van der Waals surface area contributed by atoms with Gasteiger partial charge in [-0.15, -0.1) is 0 Å². The van der Waals surface area contributed by atoms with Crippen molar-refractivity contribution in [3.8, 4) is 0 Å². The number of hydrogen-bond donors (Lipinski definition) is 0. The van der Waals surface area contributed by atoms with Gasteiger partial charge in [0, 0.05) is 26.1 Å². The van der Waals surface area contributed by atoms with Gasteiger partial charge in [-0.25, -0.2) is 12.8 Å². The second-order valence-electron chi connectivity index (χ2n) is 7.66. The number of benzene rings is 2. The van der Waals surface area contributed by atoms with Crippen LogP contribution in [0.3, 0.4) is 0 Å². The fourth-order valence-corrected chi connectivity index (χ4v) is 6.23. The summed E-state index contributed by atoms with van der Waals surface area (Å²) in [5, 5.41) is 0. The zero-order valence-electron chi connectivity index (χ0n) is 16.4. The van der Waals surface area contributed by atoms with Gasteiger partial charge in [0.15, 0.2) is 0 Å². The van der Waals surface area contributed by atoms with E-state index in [9.17, 15) is 17.6 Å². The highest BCUT2D eigenvalue weighted by atomic mass is 32.2. The molecule has 2 atom stereocenters. The van der Waals surface area contributed by atoms with E-state index in [4.69, 9.17) is 0 Å². The molecule has 1 saturated heterocycles. The van der Waals surface area contributed by atoms with Gasteiger partial charge in [0.25, 0.3) is 0 Å². The summed E-state index contributed by atoms with van der Waals surface area (Å²) >= 11 is 0. The minimum atomic E-state index is -3.96. The Labute approximate surface area is 171 Å². The highest BCUT2D eigenvalue weighted by Crippen LogP contribution is 2.31. The molecule has 0 unspecified atom stereocenters. The normalized spacial score (nSPS) is 22.5. The van der Waals surface area contributed by atoms with Crippen LogP contribution in [0.2, 0.25) is 0 Å². The minimum absolute atomic E-state index is 0.0928. The van der Waals surface area contributed by atoms with Gasteiger partial charge in [0.05, 0.1) is 4.90 Å². The molecule has 29 heavy (non-hydrogen) atoms. The molecule has 0 aliphatic carbocycles. The van der Waals surface area contributed by atoms with E-state index >= 15 is 0 Å². The average molecular weight is 417 g/mol. The lowest BCUT2D eigenvalue weighted by molar-refractivity contribution is -0.135. The van der Waals surface area contributed by atoms with Gasteiger partial charge < -0.3 is 4.90 Å². The first-order valence-electron chi connectivity index (χ1n) is 10.0. The van der Waals surface area contributed by atoms with Crippen LogP contribution in [0.1, 0.15) is 30.0 Å². The second kappa shape index (κ2) is 7.88. The SMILES string of the molecule is CCc1ccccc1S(=O)(=O)N1C[C@@H](F)C[C@H]1C(=O)N1CCc2ccccc2C1. The van der Waals surface area contributed by atoms with Crippen LogP contribution in [-0.4, -0.2) is 48.8 Å². The molecule has 0 N–H and O–H groups in total. The summed E-state index contributed by atoms with van der Waals surface area (Å²) in [6, 6.07) is 13.7. The number of aryl methyl sites for hydroxylation is 1. The third kappa shape index (κ3) is 3.69. The lowest BCUT2D eigenvalue weighted by atomic mass is 9.99. The maximum atomic E-state index is 14.3. The molecular formula is C22H25FN2O3S. The fraction of sp³-hybridized carbons (Fsp3) is 0.409. The van der Waals surface area contributed by atoms with Gasteiger partial charge >= 0.3 is 0 Å². The molecule has 2 aliphatic rings. The number of carbonyl (C=O) groups excluding carboxylic acids is 1. The first-order chi connectivity index (χ1) is 13.9. The maximum absolute atomic E-state index is 14.3. The van der Waals surface area contributed by atoms with E-state index in [1.165, 1.54) is 5.56 Å². The largest absolute Gasteiger partial charge is 0.337 e. The maximum Gasteiger partial charge on any atom is 0.244 e. The summed E-state index contributed by atoms with van der Waals surface area (Å²) in [4.78, 5) is 15.1. The fourth-order valence-electron chi connectivity index (χ4n) is 4.31. The number of alkyl halides is 1. The number of amides is 1. The molecule has 1 amide bonds. The first-order valence-corrected chi connectivity index (χ1v) is 11.4. The smallest absolute Gasteiger partial charge is 0.244 e. The van der Waals surface area contributed by atoms with Crippen LogP contribution < -0.4 is 0 Å². The Balaban J connectivity index is 1.62. The van der Waals surface area contributed by atoms with E-state index in [1.54, 1.807) is 29.2 Å². The van der Waals surface area contributed by atoms with Crippen LogP contribution in [-0.2, 0) is 34.2 Å². The van der Waals surface area contributed by atoms with Gasteiger partial charge in [-0.1, -0.05) is 49.4 Å². The Kier molecular flexibility index (Phi) is 5.44. The Bertz CT molecular complexity index is 1020. The number of nitrogens with zero attached hydrogens (tertiary/aromatic N) is 2. The van der Waals surface area contributed by atoms with Crippen LogP contribution in [0.4, 0.5) is 4.39 Å². The minimum Gasteiger partial charge on any atom is -0.337 e. The number of hydrogen-bond acceptors (Lipinski definition) is 3. The standard InChI is InChI=1S/C22H25FN2O3S/c1-2-16-7-5-6-10-21(16)29(27,28)25-15-19(23)13-20(25)22(26)24-12-11-17-8-3-4-9-18(17)14-24/h3-10,19-20H,2,11-15H2,1H3/t19-,20-/m0/s1. The molecule has 2 aliphatic heterocycles. The molecule has 154 valence electrons. The monoisotopic (exact) mass is 416 g/mol. The Morgan fingerprint density at radius 2 is 1.79 bits per heavy atom.